The van der Waals surface area contributed by atoms with Crippen LogP contribution < -0.4 is 0 Å². The Morgan fingerprint density at radius 2 is 2.03 bits per heavy atom. The standard InChI is InChI=1S/C23H27N5O4/c1-23(7-8-23)32-22(29)27-9-4-15(5-10-27)20-25-26-21(31-20)16-2-3-17-13-24-28(19(17)12-16)18-6-11-30-14-18/h2-3,12-13,15,18H,4-11,14H2,1H3. The van der Waals surface area contributed by atoms with Gasteiger partial charge in [0.15, 0.2) is 0 Å². The molecule has 9 nitrogen and oxygen atoms in total. The Balaban J connectivity index is 1.15. The molecule has 9 heteroatoms. The van der Waals surface area contributed by atoms with E-state index in [1.807, 2.05) is 29.9 Å². The van der Waals surface area contributed by atoms with Crippen molar-refractivity contribution in [1.29, 1.82) is 0 Å². The monoisotopic (exact) mass is 437 g/mol. The molecule has 3 aromatic rings. The van der Waals surface area contributed by atoms with E-state index in [2.05, 4.69) is 21.4 Å². The molecule has 3 fully saturated rings. The smallest absolute Gasteiger partial charge is 0.410 e. The highest BCUT2D eigenvalue weighted by atomic mass is 16.6. The SMILES string of the molecule is CC1(OC(=O)N2CCC(c3nnc(-c4ccc5cnn(C6CCOC6)c5c4)o3)CC2)CC1. The molecule has 6 rings (SSSR count). The van der Waals surface area contributed by atoms with E-state index in [1.165, 1.54) is 0 Å². The quantitative estimate of drug-likeness (QED) is 0.610. The molecule has 32 heavy (non-hydrogen) atoms. The van der Waals surface area contributed by atoms with Crippen molar-refractivity contribution in [2.45, 2.75) is 56.6 Å². The third-order valence-corrected chi connectivity index (χ3v) is 6.93. The maximum atomic E-state index is 12.3. The minimum atomic E-state index is -0.239. The van der Waals surface area contributed by atoms with Crippen molar-refractivity contribution in [3.8, 4) is 11.5 Å². The highest BCUT2D eigenvalue weighted by Crippen LogP contribution is 2.39. The van der Waals surface area contributed by atoms with Crippen molar-refractivity contribution in [2.24, 2.45) is 0 Å². The van der Waals surface area contributed by atoms with Crippen molar-refractivity contribution in [2.75, 3.05) is 26.3 Å². The molecule has 4 heterocycles. The zero-order valence-electron chi connectivity index (χ0n) is 18.2. The third-order valence-electron chi connectivity index (χ3n) is 6.93. The van der Waals surface area contributed by atoms with Gasteiger partial charge >= 0.3 is 6.09 Å². The highest BCUT2D eigenvalue weighted by molar-refractivity contribution is 5.83. The molecule has 168 valence electrons. The molecule has 0 bridgehead atoms. The first kappa shape index (κ1) is 19.7. The second-order valence-corrected chi connectivity index (χ2v) is 9.40. The second-order valence-electron chi connectivity index (χ2n) is 9.40. The molecule has 1 unspecified atom stereocenters. The molecule has 0 radical (unpaired) electrons. The van der Waals surface area contributed by atoms with Gasteiger partial charge in [0.25, 0.3) is 0 Å². The molecule has 0 N–H and O–H groups in total. The van der Waals surface area contributed by atoms with Gasteiger partial charge in [0.05, 0.1) is 24.4 Å². The molecule has 1 saturated carbocycles. The van der Waals surface area contributed by atoms with Crippen LogP contribution >= 0.6 is 0 Å². The number of nitrogens with zero attached hydrogens (tertiary/aromatic N) is 5. The summed E-state index contributed by atoms with van der Waals surface area (Å²) in [5.74, 6) is 1.31. The van der Waals surface area contributed by atoms with E-state index in [0.29, 0.717) is 31.5 Å². The lowest BCUT2D eigenvalue weighted by Gasteiger charge is -2.30. The Morgan fingerprint density at radius 3 is 2.78 bits per heavy atom. The van der Waals surface area contributed by atoms with Crippen LogP contribution in [0.25, 0.3) is 22.4 Å². The lowest BCUT2D eigenvalue weighted by molar-refractivity contribution is 0.0512. The molecule has 2 aliphatic heterocycles. The first-order valence-electron chi connectivity index (χ1n) is 11.4. The zero-order chi connectivity index (χ0) is 21.7. The number of rotatable bonds is 4. The van der Waals surface area contributed by atoms with Gasteiger partial charge in [0.2, 0.25) is 11.8 Å². The number of fused-ring (bicyclic) bond motifs is 1. The summed E-state index contributed by atoms with van der Waals surface area (Å²) in [6, 6.07) is 6.36. The Bertz CT molecular complexity index is 1140. The number of likely N-dealkylation sites (tertiary alicyclic amines) is 1. The van der Waals surface area contributed by atoms with Crippen molar-refractivity contribution >= 4 is 17.0 Å². The van der Waals surface area contributed by atoms with Crippen LogP contribution in [0, 0.1) is 0 Å². The summed E-state index contributed by atoms with van der Waals surface area (Å²) in [7, 11) is 0. The van der Waals surface area contributed by atoms with Crippen molar-refractivity contribution in [3.63, 3.8) is 0 Å². The number of ether oxygens (including phenoxy) is 2. The lowest BCUT2D eigenvalue weighted by atomic mass is 9.97. The van der Waals surface area contributed by atoms with Crippen molar-refractivity contribution in [3.05, 3.63) is 30.3 Å². The molecule has 2 aromatic heterocycles. The Morgan fingerprint density at radius 1 is 1.19 bits per heavy atom. The van der Waals surface area contributed by atoms with Crippen LogP contribution in [0.4, 0.5) is 4.79 Å². The zero-order valence-corrected chi connectivity index (χ0v) is 18.2. The minimum Gasteiger partial charge on any atom is -0.443 e. The lowest BCUT2D eigenvalue weighted by Crippen LogP contribution is -2.39. The Labute approximate surface area is 185 Å². The van der Waals surface area contributed by atoms with E-state index in [9.17, 15) is 4.79 Å². The second kappa shape index (κ2) is 7.58. The fourth-order valence-electron chi connectivity index (χ4n) is 4.56. The first-order chi connectivity index (χ1) is 15.6. The van der Waals surface area contributed by atoms with Gasteiger partial charge in [-0.15, -0.1) is 10.2 Å². The minimum absolute atomic E-state index is 0.154. The predicted molar refractivity (Wildman–Crippen MR) is 115 cm³/mol. The number of benzene rings is 1. The number of amides is 1. The summed E-state index contributed by atoms with van der Waals surface area (Å²) in [5, 5.41) is 14.3. The molecule has 1 atom stereocenters. The average molecular weight is 438 g/mol. The summed E-state index contributed by atoms with van der Waals surface area (Å²) in [4.78, 5) is 14.1. The van der Waals surface area contributed by atoms with E-state index >= 15 is 0 Å². The van der Waals surface area contributed by atoms with Crippen LogP contribution in [0.3, 0.4) is 0 Å². The Kier molecular flexibility index (Phi) is 4.67. The largest absolute Gasteiger partial charge is 0.443 e. The van der Waals surface area contributed by atoms with E-state index in [4.69, 9.17) is 13.9 Å². The molecular weight excluding hydrogens is 410 g/mol. The van der Waals surface area contributed by atoms with Crippen molar-refractivity contribution in [1.82, 2.24) is 24.9 Å². The van der Waals surface area contributed by atoms with Gasteiger partial charge in [-0.2, -0.15) is 5.10 Å². The van der Waals surface area contributed by atoms with E-state index < -0.39 is 0 Å². The molecule has 2 saturated heterocycles. The van der Waals surface area contributed by atoms with Crippen LogP contribution in [-0.4, -0.2) is 62.9 Å². The van der Waals surface area contributed by atoms with E-state index in [0.717, 1.165) is 55.2 Å². The number of piperidine rings is 1. The molecular formula is C23H27N5O4. The average Bonchev–Trinajstić information content (AvgIpc) is 3.29. The van der Waals surface area contributed by atoms with Crippen LogP contribution in [0.2, 0.25) is 0 Å². The normalized spacial score (nSPS) is 23.0. The van der Waals surface area contributed by atoms with Gasteiger partial charge in [-0.05, 0) is 51.2 Å². The molecule has 1 aromatic carbocycles. The van der Waals surface area contributed by atoms with Gasteiger partial charge in [-0.1, -0.05) is 6.07 Å². The van der Waals surface area contributed by atoms with Gasteiger partial charge < -0.3 is 18.8 Å². The number of aromatic nitrogens is 4. The van der Waals surface area contributed by atoms with Crippen LogP contribution in [-0.2, 0) is 9.47 Å². The summed E-state index contributed by atoms with van der Waals surface area (Å²) < 4.78 is 19.2. The number of hydrogen-bond acceptors (Lipinski definition) is 7. The highest BCUT2D eigenvalue weighted by Gasteiger charge is 2.43. The molecule has 3 aliphatic rings. The van der Waals surface area contributed by atoms with Gasteiger partial charge in [0.1, 0.15) is 5.60 Å². The molecule has 1 aliphatic carbocycles. The van der Waals surface area contributed by atoms with E-state index in [-0.39, 0.29) is 23.7 Å². The fraction of sp³-hybridized carbons (Fsp3) is 0.565. The summed E-state index contributed by atoms with van der Waals surface area (Å²) in [6.45, 7) is 4.74. The third kappa shape index (κ3) is 3.64. The maximum Gasteiger partial charge on any atom is 0.410 e. The predicted octanol–water partition coefficient (Wildman–Crippen LogP) is 3.92. The van der Waals surface area contributed by atoms with E-state index in [1.54, 1.807) is 4.90 Å². The molecule has 1 amide bonds. The fourth-order valence-corrected chi connectivity index (χ4v) is 4.56. The van der Waals surface area contributed by atoms with Gasteiger partial charge in [-0.3, -0.25) is 4.68 Å². The van der Waals surface area contributed by atoms with Crippen LogP contribution in [0.1, 0.15) is 56.9 Å². The molecule has 0 spiro atoms. The van der Waals surface area contributed by atoms with Gasteiger partial charge in [-0.25, -0.2) is 4.79 Å². The number of carbonyl (C=O) groups is 1. The Hall–Kier alpha value is -2.94. The summed E-state index contributed by atoms with van der Waals surface area (Å²) >= 11 is 0. The van der Waals surface area contributed by atoms with Crippen molar-refractivity contribution < 1.29 is 18.7 Å². The first-order valence-corrected chi connectivity index (χ1v) is 11.4. The summed E-state index contributed by atoms with van der Waals surface area (Å²) in [6.07, 6.45) is 6.16. The number of carbonyl (C=O) groups excluding carboxylic acids is 1. The topological polar surface area (TPSA) is 95.5 Å². The summed E-state index contributed by atoms with van der Waals surface area (Å²) in [5.41, 5.74) is 1.70. The van der Waals surface area contributed by atoms with Gasteiger partial charge in [0, 0.05) is 36.6 Å². The maximum absolute atomic E-state index is 12.3. The van der Waals surface area contributed by atoms with Crippen LogP contribution in [0.15, 0.2) is 28.8 Å². The number of hydrogen-bond donors (Lipinski definition) is 0. The van der Waals surface area contributed by atoms with Crippen LogP contribution in [0.5, 0.6) is 0 Å².